The van der Waals surface area contributed by atoms with Crippen molar-refractivity contribution in [3.05, 3.63) is 22.2 Å². The van der Waals surface area contributed by atoms with Crippen molar-refractivity contribution in [3.63, 3.8) is 0 Å². The Morgan fingerprint density at radius 1 is 1.45 bits per heavy atom. The third-order valence-electron chi connectivity index (χ3n) is 2.66. The number of carbonyl (C=O) groups excluding carboxylic acids is 1. The van der Waals surface area contributed by atoms with Crippen molar-refractivity contribution in [2.75, 3.05) is 11.9 Å². The second kappa shape index (κ2) is 5.80. The number of hydrogen-bond donors (Lipinski definition) is 2. The zero-order chi connectivity index (χ0) is 14.9. The number of halogens is 1. The first-order chi connectivity index (χ1) is 9.29. The van der Waals surface area contributed by atoms with Crippen LogP contribution in [-0.2, 0) is 26.1 Å². The number of fused-ring (bicyclic) bond motifs is 1. The van der Waals surface area contributed by atoms with E-state index < -0.39 is 10.0 Å². The zero-order valence-electron chi connectivity index (χ0n) is 11.1. The van der Waals surface area contributed by atoms with Gasteiger partial charge in [0, 0.05) is 10.2 Å². The molecule has 0 saturated heterocycles. The summed E-state index contributed by atoms with van der Waals surface area (Å²) in [5.74, 6) is 0.0634. The van der Waals surface area contributed by atoms with Gasteiger partial charge in [-0.1, -0.05) is 18.7 Å². The molecule has 8 heteroatoms. The highest BCUT2D eigenvalue weighted by Gasteiger charge is 2.25. The Morgan fingerprint density at radius 3 is 2.80 bits per heavy atom. The van der Waals surface area contributed by atoms with Gasteiger partial charge in [-0.25, -0.2) is 8.42 Å². The van der Waals surface area contributed by atoms with Crippen molar-refractivity contribution < 1.29 is 18.0 Å². The van der Waals surface area contributed by atoms with E-state index in [1.54, 1.807) is 6.07 Å². The number of benzene rings is 1. The van der Waals surface area contributed by atoms with Crippen LogP contribution in [-0.4, -0.2) is 20.9 Å². The average molecular weight is 363 g/mol. The zero-order valence-corrected chi connectivity index (χ0v) is 13.5. The van der Waals surface area contributed by atoms with Crippen LogP contribution in [0, 0.1) is 5.92 Å². The molecule has 0 aliphatic carbocycles. The van der Waals surface area contributed by atoms with Crippen molar-refractivity contribution in [2.24, 2.45) is 5.92 Å². The lowest BCUT2D eigenvalue weighted by Gasteiger charge is -2.11. The van der Waals surface area contributed by atoms with E-state index in [-0.39, 0.29) is 29.7 Å². The number of anilines is 1. The van der Waals surface area contributed by atoms with Gasteiger partial charge in [0.25, 0.3) is 10.0 Å². The quantitative estimate of drug-likeness (QED) is 0.782. The van der Waals surface area contributed by atoms with Gasteiger partial charge in [0.05, 0.1) is 17.9 Å². The van der Waals surface area contributed by atoms with Crippen molar-refractivity contribution >= 4 is 37.5 Å². The van der Waals surface area contributed by atoms with Gasteiger partial charge in [0.15, 0.2) is 0 Å². The minimum Gasteiger partial charge on any atom is -0.325 e. The highest BCUT2D eigenvalue weighted by atomic mass is 79.9. The van der Waals surface area contributed by atoms with Crippen LogP contribution in [0.4, 0.5) is 5.69 Å². The van der Waals surface area contributed by atoms with E-state index in [9.17, 15) is 13.2 Å². The van der Waals surface area contributed by atoms with E-state index in [0.29, 0.717) is 15.7 Å². The Balaban J connectivity index is 2.24. The Labute approximate surface area is 126 Å². The topological polar surface area (TPSA) is 84.5 Å². The minimum atomic E-state index is -3.78. The summed E-state index contributed by atoms with van der Waals surface area (Å²) in [5.41, 5.74) is 1.28. The van der Waals surface area contributed by atoms with Crippen LogP contribution in [0.2, 0.25) is 0 Å². The molecule has 1 aliphatic heterocycles. The fraction of sp³-hybridized carbons (Fsp3) is 0.417. The van der Waals surface area contributed by atoms with Gasteiger partial charge in [-0.15, -0.1) is 0 Å². The fourth-order valence-electron chi connectivity index (χ4n) is 1.75. The van der Waals surface area contributed by atoms with Crippen LogP contribution >= 0.6 is 15.9 Å². The number of hydrogen-bond acceptors (Lipinski definition) is 4. The van der Waals surface area contributed by atoms with Crippen LogP contribution < -0.4 is 10.2 Å². The van der Waals surface area contributed by atoms with Crippen molar-refractivity contribution in [1.82, 2.24) is 4.89 Å². The normalized spacial score (nSPS) is 14.5. The molecule has 1 aromatic rings. The van der Waals surface area contributed by atoms with Gasteiger partial charge < -0.3 is 5.32 Å². The first-order valence-corrected chi connectivity index (χ1v) is 8.33. The van der Waals surface area contributed by atoms with Crippen molar-refractivity contribution in [3.8, 4) is 0 Å². The molecule has 0 radical (unpaired) electrons. The molecule has 0 aromatic heterocycles. The Hall–Kier alpha value is -0.960. The molecule has 1 aliphatic rings. The maximum absolute atomic E-state index is 12.1. The second-order valence-corrected chi connectivity index (χ2v) is 7.42. The summed E-state index contributed by atoms with van der Waals surface area (Å²) in [6.07, 6.45) is 0.179. The number of sulfonamides is 1. The summed E-state index contributed by atoms with van der Waals surface area (Å²) < 4.78 is 24.7. The first-order valence-electron chi connectivity index (χ1n) is 6.05. The van der Waals surface area contributed by atoms with Gasteiger partial charge >= 0.3 is 0 Å². The summed E-state index contributed by atoms with van der Waals surface area (Å²) in [7, 11) is -3.78. The number of rotatable bonds is 5. The molecule has 0 unspecified atom stereocenters. The van der Waals surface area contributed by atoms with Gasteiger partial charge in [-0.05, 0) is 39.5 Å². The summed E-state index contributed by atoms with van der Waals surface area (Å²) in [6, 6.07) is 3.05. The third kappa shape index (κ3) is 3.38. The van der Waals surface area contributed by atoms with E-state index in [4.69, 9.17) is 4.84 Å². The fourth-order valence-corrected chi connectivity index (χ4v) is 3.66. The van der Waals surface area contributed by atoms with Crippen molar-refractivity contribution in [1.29, 1.82) is 0 Å². The summed E-state index contributed by atoms with van der Waals surface area (Å²) >= 11 is 3.20. The molecular formula is C12H15BrN2O4S. The molecule has 0 fully saturated rings. The molecule has 2 N–H and O–H groups in total. The molecule has 2 rings (SSSR count). The molecule has 110 valence electrons. The Kier molecular flexibility index (Phi) is 4.48. The van der Waals surface area contributed by atoms with E-state index in [2.05, 4.69) is 26.1 Å². The monoisotopic (exact) mass is 362 g/mol. The summed E-state index contributed by atoms with van der Waals surface area (Å²) in [6.45, 7) is 4.11. The molecule has 0 atom stereocenters. The molecule has 20 heavy (non-hydrogen) atoms. The molecule has 1 amide bonds. The molecule has 0 saturated carbocycles. The van der Waals surface area contributed by atoms with E-state index in [1.807, 2.05) is 13.8 Å². The largest absolute Gasteiger partial charge is 0.325 e. The predicted octanol–water partition coefficient (Wildman–Crippen LogP) is 1.81. The predicted molar refractivity (Wildman–Crippen MR) is 77.6 cm³/mol. The highest BCUT2D eigenvalue weighted by Crippen LogP contribution is 2.32. The van der Waals surface area contributed by atoms with Gasteiger partial charge in [-0.3, -0.25) is 9.63 Å². The van der Waals surface area contributed by atoms with Gasteiger partial charge in [-0.2, -0.15) is 0 Å². The lowest BCUT2D eigenvalue weighted by atomic mass is 10.2. The SMILES string of the molecule is CC(C)CONS(=O)(=O)c1cc2c(cc1Br)NC(=O)C2. The Bertz CT molecular complexity index is 643. The third-order valence-corrected chi connectivity index (χ3v) is 4.83. The first kappa shape index (κ1) is 15.4. The van der Waals surface area contributed by atoms with Crippen LogP contribution in [0.25, 0.3) is 0 Å². The number of carbonyl (C=O) groups is 1. The van der Waals surface area contributed by atoms with Gasteiger partial charge in [0.2, 0.25) is 5.91 Å². The maximum atomic E-state index is 12.1. The molecule has 6 nitrogen and oxygen atoms in total. The number of amides is 1. The van der Waals surface area contributed by atoms with Crippen LogP contribution in [0.5, 0.6) is 0 Å². The van der Waals surface area contributed by atoms with E-state index in [1.165, 1.54) is 6.07 Å². The van der Waals surface area contributed by atoms with Gasteiger partial charge in [0.1, 0.15) is 0 Å². The Morgan fingerprint density at radius 2 is 2.15 bits per heavy atom. The van der Waals surface area contributed by atoms with Crippen LogP contribution in [0.3, 0.4) is 0 Å². The molecular weight excluding hydrogens is 348 g/mol. The highest BCUT2D eigenvalue weighted by molar-refractivity contribution is 9.10. The van der Waals surface area contributed by atoms with E-state index in [0.717, 1.165) is 0 Å². The van der Waals surface area contributed by atoms with Crippen molar-refractivity contribution in [2.45, 2.75) is 25.2 Å². The van der Waals surface area contributed by atoms with E-state index >= 15 is 0 Å². The maximum Gasteiger partial charge on any atom is 0.263 e. The average Bonchev–Trinajstić information content (AvgIpc) is 2.66. The summed E-state index contributed by atoms with van der Waals surface area (Å²) in [4.78, 5) is 18.4. The summed E-state index contributed by atoms with van der Waals surface area (Å²) in [5, 5.41) is 2.66. The molecule has 0 spiro atoms. The van der Waals surface area contributed by atoms with Crippen LogP contribution in [0.15, 0.2) is 21.5 Å². The number of nitrogens with one attached hydrogen (secondary N) is 2. The molecule has 0 bridgehead atoms. The lowest BCUT2D eigenvalue weighted by molar-refractivity contribution is -0.115. The molecule has 1 aromatic carbocycles. The lowest BCUT2D eigenvalue weighted by Crippen LogP contribution is -2.26. The molecule has 1 heterocycles. The standard InChI is InChI=1S/C12H15BrN2O4S/c1-7(2)6-19-15-20(17,18)11-3-8-4-12(16)14-10(8)5-9(11)13/h3,5,7,15H,4,6H2,1-2H3,(H,14,16). The smallest absolute Gasteiger partial charge is 0.263 e. The minimum absolute atomic E-state index is 0.0523. The van der Waals surface area contributed by atoms with Crippen LogP contribution in [0.1, 0.15) is 19.4 Å². The second-order valence-electron chi connectivity index (χ2n) is 4.96.